The first kappa shape index (κ1) is 21.8. The number of hydrogen-bond acceptors (Lipinski definition) is 0. The molecule has 0 rings (SSSR count). The minimum atomic E-state index is 0.272. The molecule has 0 amide bonds. The zero-order valence-electron chi connectivity index (χ0n) is 15.8. The normalized spacial score (nSPS) is 13.9. The molecule has 0 nitrogen and oxygen atoms in total. The predicted octanol–water partition coefficient (Wildman–Crippen LogP) is 7.52. The van der Waals surface area contributed by atoms with Crippen molar-refractivity contribution in [2.45, 2.75) is 114 Å². The van der Waals surface area contributed by atoms with Crippen molar-refractivity contribution in [3.8, 4) is 0 Å². The van der Waals surface area contributed by atoms with Crippen molar-refractivity contribution in [1.29, 1.82) is 0 Å². The monoisotopic (exact) mass is 306 g/mol. The van der Waals surface area contributed by atoms with Crippen LogP contribution in [0.25, 0.3) is 0 Å². The van der Waals surface area contributed by atoms with Crippen molar-refractivity contribution in [1.82, 2.24) is 0 Å². The lowest BCUT2D eigenvalue weighted by Crippen LogP contribution is -2.01. The average Bonchev–Trinajstić information content (AvgIpc) is 2.52. The molecule has 0 aliphatic rings. The Kier molecular flexibility index (Phi) is 17.8. The van der Waals surface area contributed by atoms with Crippen molar-refractivity contribution in [2.75, 3.05) is 0 Å². The smallest absolute Gasteiger partial charge is 0.146 e. The Hall–Kier alpha value is 0.766. The fourth-order valence-corrected chi connectivity index (χ4v) is 5.13. The Balaban J connectivity index is 3.41. The van der Waals surface area contributed by atoms with Crippen molar-refractivity contribution < 1.29 is 0 Å². The summed E-state index contributed by atoms with van der Waals surface area (Å²) in [6.45, 7) is 9.42. The average molecular weight is 307 g/mol. The van der Waals surface area contributed by atoms with Crippen LogP contribution in [0.15, 0.2) is 0 Å². The van der Waals surface area contributed by atoms with Crippen molar-refractivity contribution in [3.05, 3.63) is 0 Å². The molecular weight excluding hydrogens is 265 g/mol. The number of rotatable bonds is 16. The van der Waals surface area contributed by atoms with Gasteiger partial charge < -0.3 is 0 Å². The zero-order chi connectivity index (χ0) is 15.8. The molecule has 0 aromatic heterocycles. The molecule has 2 atom stereocenters. The summed E-state index contributed by atoms with van der Waals surface area (Å²) in [6.07, 6.45) is 17.6. The standard InChI is InChI=1S/2C10H21.Mg/c2*1-4-7-9-10(6-3)8-5-2;/h2*10H,2,4-9H2,1,3H3;. The summed E-state index contributed by atoms with van der Waals surface area (Å²) < 4.78 is 3.24. The molecule has 0 bridgehead atoms. The second-order valence-electron chi connectivity index (χ2n) is 7.18. The molecule has 0 aromatic carbocycles. The Labute approximate surface area is 146 Å². The van der Waals surface area contributed by atoms with Gasteiger partial charge in [0.15, 0.2) is 0 Å². The lowest BCUT2D eigenvalue weighted by Gasteiger charge is -2.14. The Bertz CT molecular complexity index is 170. The van der Waals surface area contributed by atoms with Crippen LogP contribution in [0.4, 0.5) is 0 Å². The molecule has 0 radical (unpaired) electrons. The highest BCUT2D eigenvalue weighted by molar-refractivity contribution is 6.35. The third-order valence-corrected chi connectivity index (χ3v) is 7.31. The summed E-state index contributed by atoms with van der Waals surface area (Å²) in [6, 6.07) is 0. The summed E-state index contributed by atoms with van der Waals surface area (Å²) in [5.74, 6) is 2.08. The van der Waals surface area contributed by atoms with Crippen LogP contribution in [0.1, 0.15) is 105 Å². The van der Waals surface area contributed by atoms with Gasteiger partial charge in [0.2, 0.25) is 0 Å². The van der Waals surface area contributed by atoms with E-state index in [4.69, 9.17) is 0 Å². The van der Waals surface area contributed by atoms with Gasteiger partial charge in [0, 0.05) is 0 Å². The van der Waals surface area contributed by atoms with Crippen LogP contribution in [-0.4, -0.2) is 20.4 Å². The maximum atomic E-state index is 2.39. The second kappa shape index (κ2) is 17.1. The summed E-state index contributed by atoms with van der Waals surface area (Å²) in [4.78, 5) is 0. The minimum Gasteiger partial charge on any atom is -0.146 e. The highest BCUT2D eigenvalue weighted by Crippen LogP contribution is 2.21. The quantitative estimate of drug-likeness (QED) is 0.204. The van der Waals surface area contributed by atoms with Gasteiger partial charge in [-0.3, -0.25) is 0 Å². The Morgan fingerprint density at radius 2 is 0.952 bits per heavy atom. The van der Waals surface area contributed by atoms with Gasteiger partial charge in [0.05, 0.1) is 0 Å². The van der Waals surface area contributed by atoms with Crippen LogP contribution in [0.5, 0.6) is 0 Å². The van der Waals surface area contributed by atoms with Crippen molar-refractivity contribution in [3.63, 3.8) is 0 Å². The Morgan fingerprint density at radius 3 is 1.29 bits per heavy atom. The van der Waals surface area contributed by atoms with Crippen LogP contribution < -0.4 is 0 Å². The summed E-state index contributed by atoms with van der Waals surface area (Å²) in [5, 5.41) is 0. The number of hydrogen-bond donors (Lipinski definition) is 0. The molecule has 0 N–H and O–H groups in total. The summed E-state index contributed by atoms with van der Waals surface area (Å²) in [7, 11) is 0. The Morgan fingerprint density at radius 1 is 0.571 bits per heavy atom. The van der Waals surface area contributed by atoms with E-state index in [1.807, 2.05) is 0 Å². The molecule has 0 spiro atoms. The molecule has 0 aliphatic carbocycles. The largest absolute Gasteiger partial charge is 0.364 e. The second-order valence-corrected chi connectivity index (χ2v) is 9.30. The summed E-state index contributed by atoms with van der Waals surface area (Å²) in [5.41, 5.74) is 0. The molecule has 21 heavy (non-hydrogen) atoms. The molecule has 0 aromatic rings. The van der Waals surface area contributed by atoms with Crippen molar-refractivity contribution >= 4 is 20.4 Å². The molecule has 0 heterocycles. The fourth-order valence-electron chi connectivity index (χ4n) is 3.49. The SMILES string of the molecule is CCCCC(CC)CC[CH2][Mg][CH2]CCC(CC)CCCC. The highest BCUT2D eigenvalue weighted by atomic mass is 24.5. The van der Waals surface area contributed by atoms with Gasteiger partial charge >= 0.3 is 20.4 Å². The zero-order valence-corrected chi connectivity index (χ0v) is 17.2. The molecule has 0 saturated carbocycles. The van der Waals surface area contributed by atoms with E-state index in [2.05, 4.69) is 27.7 Å². The van der Waals surface area contributed by atoms with E-state index in [0.717, 1.165) is 11.8 Å². The first-order chi connectivity index (χ1) is 10.3. The van der Waals surface area contributed by atoms with Gasteiger partial charge in [-0.2, -0.15) is 0 Å². The van der Waals surface area contributed by atoms with E-state index in [1.165, 1.54) is 64.2 Å². The maximum Gasteiger partial charge on any atom is 0.364 e. The van der Waals surface area contributed by atoms with E-state index in [1.54, 1.807) is 21.9 Å². The van der Waals surface area contributed by atoms with Crippen LogP contribution >= 0.6 is 0 Å². The molecule has 124 valence electrons. The van der Waals surface area contributed by atoms with Gasteiger partial charge in [-0.05, 0) is 11.8 Å². The molecule has 0 fully saturated rings. The third kappa shape index (κ3) is 14.1. The van der Waals surface area contributed by atoms with Crippen LogP contribution in [0.2, 0.25) is 9.10 Å². The first-order valence-electron chi connectivity index (χ1n) is 10.3. The minimum absolute atomic E-state index is 0.272. The molecule has 1 heteroatoms. The maximum absolute atomic E-state index is 2.39. The van der Waals surface area contributed by atoms with Gasteiger partial charge in [-0.1, -0.05) is 105 Å². The molecule has 0 aliphatic heterocycles. The van der Waals surface area contributed by atoms with E-state index in [-0.39, 0.29) is 20.4 Å². The fraction of sp³-hybridized carbons (Fsp3) is 1.00. The lowest BCUT2D eigenvalue weighted by atomic mass is 9.95. The van der Waals surface area contributed by atoms with E-state index < -0.39 is 0 Å². The molecule has 2 unspecified atom stereocenters. The van der Waals surface area contributed by atoms with E-state index in [9.17, 15) is 0 Å². The first-order valence-corrected chi connectivity index (χ1v) is 12.3. The van der Waals surface area contributed by atoms with Crippen molar-refractivity contribution in [2.24, 2.45) is 11.8 Å². The predicted molar refractivity (Wildman–Crippen MR) is 100 cm³/mol. The molecule has 0 saturated heterocycles. The van der Waals surface area contributed by atoms with Crippen LogP contribution in [0.3, 0.4) is 0 Å². The van der Waals surface area contributed by atoms with E-state index >= 15 is 0 Å². The van der Waals surface area contributed by atoms with Gasteiger partial charge in [0.25, 0.3) is 0 Å². The van der Waals surface area contributed by atoms with Gasteiger partial charge in [-0.25, -0.2) is 0 Å². The van der Waals surface area contributed by atoms with E-state index in [0.29, 0.717) is 0 Å². The topological polar surface area (TPSA) is 0 Å². The van der Waals surface area contributed by atoms with Gasteiger partial charge in [-0.15, -0.1) is 9.10 Å². The molecular formula is C20H42Mg. The van der Waals surface area contributed by atoms with Gasteiger partial charge in [0.1, 0.15) is 0 Å². The lowest BCUT2D eigenvalue weighted by molar-refractivity contribution is 0.414. The summed E-state index contributed by atoms with van der Waals surface area (Å²) >= 11 is 0.272. The highest BCUT2D eigenvalue weighted by Gasteiger charge is 2.07. The van der Waals surface area contributed by atoms with Crippen LogP contribution in [0, 0.1) is 11.8 Å². The van der Waals surface area contributed by atoms with Crippen LogP contribution in [-0.2, 0) is 0 Å². The third-order valence-electron chi connectivity index (χ3n) is 5.31. The number of unbranched alkanes of at least 4 members (excludes halogenated alkanes) is 2.